The molecular formula is C63H110N2O13Si2. The van der Waals surface area contributed by atoms with Crippen LogP contribution in [0.3, 0.4) is 0 Å². The first-order valence-corrected chi connectivity index (χ1v) is 36.0. The lowest BCUT2D eigenvalue weighted by atomic mass is 9.80. The van der Waals surface area contributed by atoms with Crippen molar-refractivity contribution >= 4 is 40.1 Å². The highest BCUT2D eigenvalue weighted by Crippen LogP contribution is 2.39. The molecule has 17 heteroatoms. The van der Waals surface area contributed by atoms with Crippen molar-refractivity contribution in [3.63, 3.8) is 0 Å². The molecule has 2 bridgehead atoms. The van der Waals surface area contributed by atoms with Crippen molar-refractivity contribution in [2.45, 2.75) is 263 Å². The number of hydrogen-bond acceptors (Lipinski definition) is 14. The van der Waals surface area contributed by atoms with Gasteiger partial charge in [-0.2, -0.15) is 0 Å². The van der Waals surface area contributed by atoms with E-state index in [-0.39, 0.29) is 61.0 Å². The number of cyclic esters (lactones) is 1. The fourth-order valence-electron chi connectivity index (χ4n) is 13.2. The number of hydrogen-bond donors (Lipinski definition) is 2. The normalized spacial score (nSPS) is 36.5. The number of carbonyl (C=O) groups excluding carboxylic acids is 4. The van der Waals surface area contributed by atoms with Crippen LogP contribution in [0, 0.1) is 29.6 Å². The molecule has 1 saturated carbocycles. The molecule has 4 aliphatic rings. The maximum Gasteiger partial charge on any atom is 0.329 e. The van der Waals surface area contributed by atoms with Gasteiger partial charge < -0.3 is 53.0 Å². The molecular weight excluding hydrogens is 1050 g/mol. The van der Waals surface area contributed by atoms with Crippen molar-refractivity contribution < 1.29 is 61.6 Å². The highest BCUT2D eigenvalue weighted by atomic mass is 28.4. The second-order valence-electron chi connectivity index (χ2n) is 24.4. The van der Waals surface area contributed by atoms with Crippen molar-refractivity contribution in [3.05, 3.63) is 47.6 Å². The molecule has 15 nitrogen and oxygen atoms in total. The van der Waals surface area contributed by atoms with Crippen LogP contribution in [0.4, 0.5) is 0 Å². The molecule has 0 spiro atoms. The zero-order valence-electron chi connectivity index (χ0n) is 52.4. The molecule has 2 saturated heterocycles. The van der Waals surface area contributed by atoms with Gasteiger partial charge in [-0.3, -0.25) is 14.4 Å². The minimum atomic E-state index is -2.41. The smallest absolute Gasteiger partial charge is 0.329 e. The van der Waals surface area contributed by atoms with Crippen LogP contribution in [0.2, 0.25) is 36.3 Å². The summed E-state index contributed by atoms with van der Waals surface area (Å²) < 4.78 is 51.8. The molecule has 3 aliphatic heterocycles. The van der Waals surface area contributed by atoms with Gasteiger partial charge in [0, 0.05) is 71.6 Å². The lowest BCUT2D eigenvalue weighted by Crippen LogP contribution is -2.61. The van der Waals surface area contributed by atoms with Crippen molar-refractivity contribution in [1.82, 2.24) is 4.90 Å². The van der Waals surface area contributed by atoms with Crippen molar-refractivity contribution in [2.75, 3.05) is 35.0 Å². The molecule has 3 heterocycles. The Morgan fingerprint density at radius 1 is 0.700 bits per heavy atom. The van der Waals surface area contributed by atoms with Gasteiger partial charge in [-0.1, -0.05) is 106 Å². The van der Waals surface area contributed by atoms with Crippen molar-refractivity contribution in [2.24, 2.45) is 35.3 Å². The summed E-state index contributed by atoms with van der Waals surface area (Å²) in [6.45, 7) is 25.2. The number of fused-ring (bicyclic) bond motifs is 3. The number of ether oxygens (including phenoxy) is 6. The number of rotatable bonds is 17. The third kappa shape index (κ3) is 18.2. The Labute approximate surface area is 485 Å². The summed E-state index contributed by atoms with van der Waals surface area (Å²) in [5.74, 6) is -6.24. The summed E-state index contributed by atoms with van der Waals surface area (Å²) >= 11 is 0. The quantitative estimate of drug-likeness (QED) is 0.0605. The van der Waals surface area contributed by atoms with E-state index in [1.807, 2.05) is 45.1 Å². The fourth-order valence-corrected chi connectivity index (χ4v) is 18.9. The molecule has 80 heavy (non-hydrogen) atoms. The molecule has 0 aromatic rings. The van der Waals surface area contributed by atoms with E-state index in [2.05, 4.69) is 67.5 Å². The third-order valence-electron chi connectivity index (χ3n) is 19.3. The molecule has 458 valence electrons. The van der Waals surface area contributed by atoms with Gasteiger partial charge in [0.15, 0.2) is 22.4 Å². The van der Waals surface area contributed by atoms with Crippen molar-refractivity contribution in [3.8, 4) is 0 Å². The van der Waals surface area contributed by atoms with E-state index in [1.54, 1.807) is 35.4 Å². The first kappa shape index (κ1) is 69.8. The van der Waals surface area contributed by atoms with E-state index in [0.29, 0.717) is 44.9 Å². The molecule has 4 rings (SSSR count). The fraction of sp³-hybridized carbons (Fsp3) is 0.810. The largest absolute Gasteiger partial charge is 0.459 e. The summed E-state index contributed by atoms with van der Waals surface area (Å²) in [6.07, 6.45) is 14.6. The van der Waals surface area contributed by atoms with Crippen molar-refractivity contribution in [1.29, 1.82) is 0 Å². The van der Waals surface area contributed by atoms with Gasteiger partial charge in [0.1, 0.15) is 18.2 Å². The molecule has 3 N–H and O–H groups in total. The van der Waals surface area contributed by atoms with E-state index >= 15 is 0 Å². The second-order valence-corrected chi connectivity index (χ2v) is 33.8. The Morgan fingerprint density at radius 3 is 1.94 bits per heavy atom. The monoisotopic (exact) mass is 1160 g/mol. The summed E-state index contributed by atoms with van der Waals surface area (Å²) in [7, 11) is 2.37. The number of Topliss-reactive ketones (excluding diaryl/α,β-unsaturated/α-hetero) is 2. The number of nitrogens with two attached hydrogens (primary N) is 1. The van der Waals surface area contributed by atoms with Crippen LogP contribution in [0.15, 0.2) is 47.6 Å². The molecule has 16 atom stereocenters. The Hall–Kier alpha value is -2.69. The molecule has 1 aliphatic carbocycles. The van der Waals surface area contributed by atoms with E-state index < -0.39 is 94.7 Å². The number of esters is 1. The first-order chi connectivity index (χ1) is 38.0. The number of methoxy groups -OCH3 is 4. The number of piperidine rings is 1. The van der Waals surface area contributed by atoms with E-state index in [4.69, 9.17) is 43.0 Å². The lowest BCUT2D eigenvalue weighted by Gasteiger charge is -2.43. The topological polar surface area (TPSA) is 192 Å². The zero-order valence-corrected chi connectivity index (χ0v) is 54.4. The highest BCUT2D eigenvalue weighted by Gasteiger charge is 2.53. The van der Waals surface area contributed by atoms with Gasteiger partial charge in [-0.25, -0.2) is 4.79 Å². The maximum atomic E-state index is 14.9. The predicted molar refractivity (Wildman–Crippen MR) is 322 cm³/mol. The maximum absolute atomic E-state index is 14.9. The molecule has 0 aromatic heterocycles. The third-order valence-corrected chi connectivity index (χ3v) is 28.6. The van der Waals surface area contributed by atoms with Crippen LogP contribution >= 0.6 is 0 Å². The van der Waals surface area contributed by atoms with Gasteiger partial charge in [0.25, 0.3) is 11.7 Å². The van der Waals surface area contributed by atoms with Gasteiger partial charge in [0.05, 0.1) is 36.6 Å². The standard InChI is InChI=1S/C63H110N2O13Si2/c1-17-79(18-2,19-3)77-52-34-32-48(39-56(52)73-15)38-50(64)55-41-54(72-14)44(9)37-46(11)58(78-80(20-4,21-5)22-6)59(74-16)57(66)45(10)36-42(7)28-24-23-25-29-43(8)53(71-13)40-49-33-31-47(12)63(70,76-49)60(67)61(68)65-35-27-26-30-51(65)62(69)75-55/h23-25,28-29,37,42,44-45,47-56,58-59,70H,17-22,26-27,30-36,38-41,64H2,1-16H3/b25-23+,28-24+,43-29+,46-37+/t42-,44-,45-,47-,48+,49+,50-,51+,52?,53+,54-,55+,56-,58?,59+,63-/m1/s1. The van der Waals surface area contributed by atoms with Crippen LogP contribution < -0.4 is 5.73 Å². The number of nitrogens with zero attached hydrogens (tertiary/aromatic N) is 1. The van der Waals surface area contributed by atoms with Gasteiger partial charge in [-0.05, 0) is 137 Å². The van der Waals surface area contributed by atoms with Crippen LogP contribution in [0.1, 0.15) is 160 Å². The first-order valence-electron chi connectivity index (χ1n) is 30.9. The van der Waals surface area contributed by atoms with E-state index in [9.17, 15) is 24.3 Å². The molecule has 0 aromatic carbocycles. The van der Waals surface area contributed by atoms with Gasteiger partial charge in [-0.15, -0.1) is 0 Å². The molecule has 0 radical (unpaired) electrons. The van der Waals surface area contributed by atoms with Gasteiger partial charge in [0.2, 0.25) is 5.79 Å². The summed E-state index contributed by atoms with van der Waals surface area (Å²) in [4.78, 5) is 60.1. The number of amides is 1. The average molecular weight is 1160 g/mol. The summed E-state index contributed by atoms with van der Waals surface area (Å²) in [5, 5.41) is 12.2. The van der Waals surface area contributed by atoms with E-state index in [1.165, 1.54) is 4.90 Å². The van der Waals surface area contributed by atoms with Crippen LogP contribution in [0.5, 0.6) is 0 Å². The Bertz CT molecular complexity index is 2060. The Kier molecular flexibility index (Phi) is 28.9. The number of allylic oxidation sites excluding steroid dienone is 5. The lowest BCUT2D eigenvalue weighted by molar-refractivity contribution is -0.265. The average Bonchev–Trinajstić information content (AvgIpc) is 3.58. The molecule has 1 amide bonds. The second kappa shape index (κ2) is 33.1. The number of ketones is 2. The van der Waals surface area contributed by atoms with Gasteiger partial charge >= 0.3 is 5.97 Å². The molecule has 2 unspecified atom stereocenters. The molecule has 3 fully saturated rings. The Balaban J connectivity index is 1.82. The highest BCUT2D eigenvalue weighted by molar-refractivity contribution is 6.74. The van der Waals surface area contributed by atoms with Crippen LogP contribution in [-0.4, -0.2) is 152 Å². The zero-order chi connectivity index (χ0) is 59.5. The van der Waals surface area contributed by atoms with E-state index in [0.717, 1.165) is 66.7 Å². The summed E-state index contributed by atoms with van der Waals surface area (Å²) in [5.41, 5.74) is 9.10. The predicted octanol–water partition coefficient (Wildman–Crippen LogP) is 11.4. The van der Waals surface area contributed by atoms with Crippen LogP contribution in [-0.2, 0) is 56.5 Å². The SMILES string of the molecule is CC[Si](CC)(CC)OC1CC[C@@H](C[C@@H](N)[C@@H]2C[C@@H](OC)[C@H](C)/C=C(\C)C(O[Si](CC)(CC)CC)[C@@H](OC)C(=O)[C@H](C)C[C@H](C)/C=C/C=C/C=C(\C)[C@@H](OC)C[C@@H]3CC[C@@H](C)[C@@](O)(O3)C(=O)C(=O)N3CCCC[C@H]3C(=O)O2)C[C@H]1OC. The number of carbonyl (C=O) groups is 4. The minimum absolute atomic E-state index is 0.000107. The Morgan fingerprint density at radius 2 is 1.34 bits per heavy atom. The van der Waals surface area contributed by atoms with Crippen LogP contribution in [0.25, 0.3) is 0 Å². The number of aliphatic hydroxyl groups is 1. The summed E-state index contributed by atoms with van der Waals surface area (Å²) in [6, 6.07) is 4.05. The minimum Gasteiger partial charge on any atom is -0.459 e.